The van der Waals surface area contributed by atoms with Crippen LogP contribution in [0.1, 0.15) is 58.3 Å². The van der Waals surface area contributed by atoms with Crippen LogP contribution in [-0.4, -0.2) is 53.4 Å². The number of rotatable bonds is 5. The van der Waals surface area contributed by atoms with Gasteiger partial charge in [-0.2, -0.15) is 0 Å². The van der Waals surface area contributed by atoms with E-state index in [1.807, 2.05) is 5.32 Å². The third-order valence-electron chi connectivity index (χ3n) is 3.47. The number of amides is 3. The molecule has 1 aliphatic heterocycles. The second-order valence-corrected chi connectivity index (χ2v) is 5.34. The number of nitrogens with one attached hydrogen (secondary N) is 2. The smallest absolute Gasteiger partial charge is 0.249 e. The summed E-state index contributed by atoms with van der Waals surface area (Å²) >= 11 is 0. The highest BCUT2D eigenvalue weighted by Crippen LogP contribution is 2.24. The van der Waals surface area contributed by atoms with E-state index >= 15 is 0 Å². The van der Waals surface area contributed by atoms with Gasteiger partial charge in [0, 0.05) is 25.9 Å². The normalized spacial score (nSPS) is 35.1. The highest BCUT2D eigenvalue weighted by Gasteiger charge is 2.32. The average molecular weight is 377 g/mol. The summed E-state index contributed by atoms with van der Waals surface area (Å²) in [7, 11) is 0.920. The van der Waals surface area contributed by atoms with Crippen LogP contribution in [0.2, 0.25) is 0 Å². The van der Waals surface area contributed by atoms with Gasteiger partial charge >= 0.3 is 0 Å². The van der Waals surface area contributed by atoms with E-state index < -0.39 is 104 Å². The summed E-state index contributed by atoms with van der Waals surface area (Å²) in [5.41, 5.74) is -1.29. The summed E-state index contributed by atoms with van der Waals surface area (Å²) in [6.07, 6.45) is -5.00. The van der Waals surface area contributed by atoms with Crippen molar-refractivity contribution in [1.82, 2.24) is 15.5 Å². The van der Waals surface area contributed by atoms with Crippen molar-refractivity contribution in [1.29, 1.82) is 0 Å². The van der Waals surface area contributed by atoms with Gasteiger partial charge in [-0.25, -0.2) is 0 Å². The van der Waals surface area contributed by atoms with E-state index in [4.69, 9.17) is 20.6 Å². The molecule has 0 fully saturated rings. The maximum absolute atomic E-state index is 13.3. The Balaban J connectivity index is 2.58. The molecule has 3 amide bonds. The first-order chi connectivity index (χ1) is 18.1. The van der Waals surface area contributed by atoms with Crippen LogP contribution >= 0.6 is 0 Å². The number of aliphatic hydroxyl groups is 1. The summed E-state index contributed by atoms with van der Waals surface area (Å²) in [5, 5.41) is 13.9. The monoisotopic (exact) mass is 376 g/mol. The minimum atomic E-state index is -4.20. The number of carbonyl (C=O) groups is 3. The van der Waals surface area contributed by atoms with Crippen LogP contribution in [0.3, 0.4) is 0 Å². The average Bonchev–Trinajstić information content (AvgIpc) is 2.87. The van der Waals surface area contributed by atoms with Crippen LogP contribution in [0.4, 0.5) is 0 Å². The molecule has 1 aromatic rings. The molecule has 0 saturated heterocycles. The van der Waals surface area contributed by atoms with Crippen LogP contribution in [-0.2, 0) is 20.8 Å². The molecule has 7 nitrogen and oxygen atoms in total. The number of carbonyl (C=O) groups excluding carboxylic acids is 3. The third-order valence-corrected chi connectivity index (χ3v) is 3.47. The molecule has 2 rings (SSSR count). The fourth-order valence-electron chi connectivity index (χ4n) is 2.02. The van der Waals surface area contributed by atoms with Gasteiger partial charge in [0.2, 0.25) is 17.7 Å². The molecule has 0 saturated carbocycles. The lowest BCUT2D eigenvalue weighted by atomic mass is 9.99. The Morgan fingerprint density at radius 2 is 2.15 bits per heavy atom. The SMILES string of the molecule is [2H]c1c([2H])c([2H])c2c(c1[2H])CC([2H])([2H])N(C)C(=O)[C@@]2([2H])NC(=O)[C@H](C)NC(=O)[C@@]([2H])(O)C([2H])(C([2H])([2H])[2H])C([2H])([2H])[2H]. The van der Waals surface area contributed by atoms with Crippen LogP contribution in [0.15, 0.2) is 24.2 Å². The Labute approximate surface area is 174 Å². The van der Waals surface area contributed by atoms with Crippen molar-refractivity contribution < 1.29 is 40.1 Å². The van der Waals surface area contributed by atoms with Crippen molar-refractivity contribution in [2.75, 3.05) is 13.5 Å². The molecular weight excluding hydrogens is 334 g/mol. The van der Waals surface area contributed by atoms with Gasteiger partial charge in [-0.15, -0.1) is 0 Å². The molecule has 0 unspecified atom stereocenters. The van der Waals surface area contributed by atoms with Gasteiger partial charge in [0.15, 0.2) is 0 Å². The first kappa shape index (κ1) is 7.68. The maximum atomic E-state index is 13.3. The minimum absolute atomic E-state index is 0.402. The first-order valence-corrected chi connectivity index (χ1v) is 7.34. The van der Waals surface area contributed by atoms with E-state index in [-0.39, 0.29) is 0 Å². The summed E-state index contributed by atoms with van der Waals surface area (Å²) in [5.74, 6) is -9.17. The second kappa shape index (κ2) is 8.31. The van der Waals surface area contributed by atoms with E-state index in [2.05, 4.69) is 0 Å². The summed E-state index contributed by atoms with van der Waals surface area (Å²) in [6, 6.07) is -8.51. The largest absolute Gasteiger partial charge is 0.383 e. The molecule has 0 spiro atoms. The number of benzene rings is 1. The topological polar surface area (TPSA) is 98.7 Å². The summed E-state index contributed by atoms with van der Waals surface area (Å²) in [6.45, 7) is -9.56. The summed E-state index contributed by atoms with van der Waals surface area (Å²) < 4.78 is 117. The number of nitrogens with zero attached hydrogens (tertiary/aromatic N) is 1. The Hall–Kier alpha value is -2.41. The van der Waals surface area contributed by atoms with E-state index in [0.717, 1.165) is 14.0 Å². The Morgan fingerprint density at radius 1 is 1.46 bits per heavy atom. The molecule has 3 atom stereocenters. The van der Waals surface area contributed by atoms with Crippen molar-refractivity contribution >= 4 is 17.7 Å². The number of hydrogen-bond acceptors (Lipinski definition) is 4. The molecule has 1 aliphatic rings. The lowest BCUT2D eigenvalue weighted by Gasteiger charge is -2.24. The van der Waals surface area contributed by atoms with E-state index in [1.165, 1.54) is 0 Å². The third kappa shape index (κ3) is 4.40. The van der Waals surface area contributed by atoms with E-state index in [9.17, 15) is 19.5 Å². The van der Waals surface area contributed by atoms with Gasteiger partial charge in [-0.05, 0) is 30.4 Å². The molecule has 0 radical (unpaired) electrons. The second-order valence-electron chi connectivity index (χ2n) is 5.34. The van der Waals surface area contributed by atoms with Crippen molar-refractivity contribution in [3.05, 3.63) is 35.3 Å². The van der Waals surface area contributed by atoms with Crippen LogP contribution in [0.5, 0.6) is 0 Å². The van der Waals surface area contributed by atoms with E-state index in [1.54, 1.807) is 5.32 Å². The zero-order valence-electron chi connectivity index (χ0n) is 28.9. The predicted molar refractivity (Wildman–Crippen MR) is 97.1 cm³/mol. The molecule has 1 heterocycles. The lowest BCUT2D eigenvalue weighted by Crippen LogP contribution is -2.51. The van der Waals surface area contributed by atoms with Crippen molar-refractivity contribution in [3.63, 3.8) is 0 Å². The molecule has 1 aromatic carbocycles. The number of fused-ring (bicyclic) bond motifs is 1. The summed E-state index contributed by atoms with van der Waals surface area (Å²) in [4.78, 5) is 39.5. The first-order valence-electron chi connectivity index (χ1n) is 14.8. The minimum Gasteiger partial charge on any atom is -0.383 e. The standard InChI is InChI=1S/C19H27N3O4/c1-11(2)16(23)18(25)20-12(3)17(24)21-15-14-8-6-5-7-13(14)9-10-22(4)19(15)26/h5-8,11-12,15-16,23H,9-10H2,1-4H3,(H,20,25)(H,21,24)/t12-,15-,16-/m0/s1/i1D3,2D3,5D,6D,7D,8D,10D2,11D,15D,16D. The Kier molecular flexibility index (Phi) is 2.46. The highest BCUT2D eigenvalue weighted by atomic mass is 16.3. The highest BCUT2D eigenvalue weighted by molar-refractivity contribution is 5.93. The fourth-order valence-corrected chi connectivity index (χ4v) is 2.02. The molecule has 7 heteroatoms. The van der Waals surface area contributed by atoms with Crippen LogP contribution in [0.25, 0.3) is 0 Å². The van der Waals surface area contributed by atoms with Crippen molar-refractivity contribution in [2.45, 2.75) is 45.2 Å². The maximum Gasteiger partial charge on any atom is 0.249 e. The molecule has 0 bridgehead atoms. The van der Waals surface area contributed by atoms with Crippen molar-refractivity contribution in [2.24, 2.45) is 5.89 Å². The fraction of sp³-hybridized carbons (Fsp3) is 0.526. The molecule has 3 N–H and O–H groups in total. The number of likely N-dealkylation sites (N-methyl/N-ethyl adjacent to an activating group) is 1. The molecular formula is C19H27N3O4. The Morgan fingerprint density at radius 3 is 2.85 bits per heavy atom. The molecule has 0 aliphatic carbocycles. The molecule has 142 valence electrons. The molecule has 26 heavy (non-hydrogen) atoms. The van der Waals surface area contributed by atoms with Gasteiger partial charge in [-0.1, -0.05) is 37.9 Å². The zero-order chi connectivity index (χ0) is 32.5. The van der Waals surface area contributed by atoms with Gasteiger partial charge in [0.25, 0.3) is 0 Å². The van der Waals surface area contributed by atoms with Crippen LogP contribution < -0.4 is 10.6 Å². The van der Waals surface area contributed by atoms with Gasteiger partial charge in [-0.3, -0.25) is 14.4 Å². The lowest BCUT2D eigenvalue weighted by molar-refractivity contribution is -0.137. The zero-order valence-corrected chi connectivity index (χ0v) is 13.9. The van der Waals surface area contributed by atoms with Gasteiger partial charge in [0.05, 0.1) is 8.22 Å². The Bertz CT molecular complexity index is 1270. The van der Waals surface area contributed by atoms with Gasteiger partial charge < -0.3 is 20.6 Å². The molecule has 0 aromatic heterocycles. The van der Waals surface area contributed by atoms with E-state index in [0.29, 0.717) is 4.90 Å². The number of hydrogen-bond donors (Lipinski definition) is 3. The van der Waals surface area contributed by atoms with Crippen LogP contribution in [0, 0.1) is 5.89 Å². The van der Waals surface area contributed by atoms with Crippen molar-refractivity contribution in [3.8, 4) is 0 Å². The van der Waals surface area contributed by atoms with Gasteiger partial charge in [0.1, 0.15) is 18.1 Å². The quantitative estimate of drug-likeness (QED) is 0.692. The predicted octanol–water partition coefficient (Wildman–Crippen LogP) is 0.380.